The van der Waals surface area contributed by atoms with Crippen LogP contribution in [0.25, 0.3) is 0 Å². The minimum atomic E-state index is -0.794. The second-order valence-corrected chi connectivity index (χ2v) is 21.3. The first kappa shape index (κ1) is 71.6. The smallest absolute Gasteiger partial charge is 0.306 e. The van der Waals surface area contributed by atoms with Crippen LogP contribution in [-0.2, 0) is 28.6 Å². The standard InChI is InChI=1S/C69H120O6/c1-4-7-10-13-16-19-22-25-27-29-31-33-34-36-37-39-41-44-47-50-53-56-59-62-68(71)74-65-66(64-73-67(70)61-58-55-52-49-46-43-24-21-18-15-12-9-6-3)75-69(72)63-60-57-54-51-48-45-42-40-38-35-32-30-28-26-23-20-17-14-11-8-5-2/h9,12,18,21-22,25,29-32,34,36,43,46,66H,4-8,10-11,13-17,19-20,23-24,26-28,33,35,37-42,44-45,47-65H2,1-3H3/b12-9-,21-18-,25-22-,31-29-,32-30-,36-34-,46-43-. The lowest BCUT2D eigenvalue weighted by atomic mass is 10.1. The molecule has 1 atom stereocenters. The van der Waals surface area contributed by atoms with E-state index in [1.165, 1.54) is 173 Å². The fraction of sp³-hybridized carbons (Fsp3) is 0.754. The van der Waals surface area contributed by atoms with Crippen molar-refractivity contribution >= 4 is 17.9 Å². The fourth-order valence-electron chi connectivity index (χ4n) is 9.05. The van der Waals surface area contributed by atoms with Crippen LogP contribution >= 0.6 is 0 Å². The van der Waals surface area contributed by atoms with E-state index < -0.39 is 6.10 Å². The SMILES string of the molecule is CC/C=C\C/C=C\C/C=C\CCCCCC(=O)OCC(COC(=O)CCCCCCCCCC/C=C\C/C=C\C/C=C\CCCCCCC)OC(=O)CCCCCCCCCCC/C=C\CCCCCCCCCC. The first-order chi connectivity index (χ1) is 37.0. The first-order valence-electron chi connectivity index (χ1n) is 32.1. The van der Waals surface area contributed by atoms with Crippen molar-refractivity contribution in [2.75, 3.05) is 13.2 Å². The Labute approximate surface area is 465 Å². The summed E-state index contributed by atoms with van der Waals surface area (Å²) < 4.78 is 16.9. The fourth-order valence-corrected chi connectivity index (χ4v) is 9.05. The predicted molar refractivity (Wildman–Crippen MR) is 325 cm³/mol. The summed E-state index contributed by atoms with van der Waals surface area (Å²) in [4.78, 5) is 38.3. The van der Waals surface area contributed by atoms with E-state index in [1.807, 2.05) is 0 Å². The number of hydrogen-bond acceptors (Lipinski definition) is 6. The lowest BCUT2D eigenvalue weighted by Crippen LogP contribution is -2.30. The lowest BCUT2D eigenvalue weighted by molar-refractivity contribution is -0.167. The van der Waals surface area contributed by atoms with Gasteiger partial charge in [-0.25, -0.2) is 0 Å². The third-order valence-electron chi connectivity index (χ3n) is 13.9. The molecule has 6 heteroatoms. The average Bonchev–Trinajstić information content (AvgIpc) is 3.41. The van der Waals surface area contributed by atoms with Crippen LogP contribution in [0.4, 0.5) is 0 Å². The summed E-state index contributed by atoms with van der Waals surface area (Å²) in [6.45, 7) is 6.51. The number of hydrogen-bond donors (Lipinski definition) is 0. The number of esters is 3. The summed E-state index contributed by atoms with van der Waals surface area (Å²) in [6.07, 6.45) is 83.1. The van der Waals surface area contributed by atoms with Gasteiger partial charge in [-0.05, 0) is 116 Å². The Morgan fingerprint density at radius 1 is 0.280 bits per heavy atom. The van der Waals surface area contributed by atoms with Crippen LogP contribution in [0.3, 0.4) is 0 Å². The zero-order valence-electron chi connectivity index (χ0n) is 49.6. The highest BCUT2D eigenvalue weighted by Crippen LogP contribution is 2.16. The van der Waals surface area contributed by atoms with Crippen LogP contribution in [0.5, 0.6) is 0 Å². The van der Waals surface area contributed by atoms with Crippen LogP contribution in [-0.4, -0.2) is 37.2 Å². The summed E-state index contributed by atoms with van der Waals surface area (Å²) in [6, 6.07) is 0. The van der Waals surface area contributed by atoms with Gasteiger partial charge in [0.25, 0.3) is 0 Å². The molecule has 0 aliphatic heterocycles. The molecule has 0 aromatic heterocycles. The van der Waals surface area contributed by atoms with Crippen molar-refractivity contribution in [1.29, 1.82) is 0 Å². The van der Waals surface area contributed by atoms with Crippen LogP contribution in [0.15, 0.2) is 85.1 Å². The van der Waals surface area contributed by atoms with Gasteiger partial charge in [0.2, 0.25) is 0 Å². The highest BCUT2D eigenvalue weighted by atomic mass is 16.6. The van der Waals surface area contributed by atoms with E-state index >= 15 is 0 Å². The Hall–Kier alpha value is -3.41. The van der Waals surface area contributed by atoms with Crippen LogP contribution in [0, 0.1) is 0 Å². The third kappa shape index (κ3) is 61.3. The predicted octanol–water partition coefficient (Wildman–Crippen LogP) is 21.9. The van der Waals surface area contributed by atoms with Crippen molar-refractivity contribution in [3.8, 4) is 0 Å². The Bertz CT molecular complexity index is 1430. The number of carbonyl (C=O) groups excluding carboxylic acids is 3. The van der Waals surface area contributed by atoms with Gasteiger partial charge in [-0.1, -0.05) is 266 Å². The van der Waals surface area contributed by atoms with Gasteiger partial charge in [0.05, 0.1) is 0 Å². The maximum Gasteiger partial charge on any atom is 0.306 e. The summed E-state index contributed by atoms with van der Waals surface area (Å²) in [7, 11) is 0. The van der Waals surface area contributed by atoms with E-state index in [1.54, 1.807) is 0 Å². The first-order valence-corrected chi connectivity index (χ1v) is 32.1. The largest absolute Gasteiger partial charge is 0.462 e. The average molecular weight is 1050 g/mol. The molecule has 0 N–H and O–H groups in total. The molecule has 0 aromatic rings. The molecule has 0 saturated heterocycles. The lowest BCUT2D eigenvalue weighted by Gasteiger charge is -2.18. The van der Waals surface area contributed by atoms with Crippen LogP contribution < -0.4 is 0 Å². The van der Waals surface area contributed by atoms with Crippen molar-refractivity contribution in [2.24, 2.45) is 0 Å². The second kappa shape index (κ2) is 63.1. The van der Waals surface area contributed by atoms with E-state index in [2.05, 4.69) is 106 Å². The molecule has 432 valence electrons. The summed E-state index contributed by atoms with van der Waals surface area (Å²) in [5, 5.41) is 0. The molecule has 0 spiro atoms. The molecule has 0 bridgehead atoms. The highest BCUT2D eigenvalue weighted by molar-refractivity contribution is 5.71. The van der Waals surface area contributed by atoms with E-state index in [9.17, 15) is 14.4 Å². The van der Waals surface area contributed by atoms with E-state index in [0.29, 0.717) is 19.3 Å². The minimum absolute atomic E-state index is 0.0900. The van der Waals surface area contributed by atoms with Crippen molar-refractivity contribution in [1.82, 2.24) is 0 Å². The number of carbonyl (C=O) groups is 3. The van der Waals surface area contributed by atoms with Crippen molar-refractivity contribution in [3.63, 3.8) is 0 Å². The van der Waals surface area contributed by atoms with Gasteiger partial charge in [0.1, 0.15) is 13.2 Å². The van der Waals surface area contributed by atoms with E-state index in [0.717, 1.165) is 103 Å². The molecule has 0 rings (SSSR count). The quantitative estimate of drug-likeness (QED) is 0.0261. The second-order valence-electron chi connectivity index (χ2n) is 21.3. The Morgan fingerprint density at radius 3 is 0.840 bits per heavy atom. The van der Waals surface area contributed by atoms with Gasteiger partial charge in [-0.15, -0.1) is 0 Å². The summed E-state index contributed by atoms with van der Waals surface area (Å²) in [5.74, 6) is -0.918. The maximum atomic E-state index is 12.9. The van der Waals surface area contributed by atoms with Crippen molar-refractivity contribution in [3.05, 3.63) is 85.1 Å². The third-order valence-corrected chi connectivity index (χ3v) is 13.9. The van der Waals surface area contributed by atoms with Gasteiger partial charge < -0.3 is 14.2 Å². The van der Waals surface area contributed by atoms with E-state index in [4.69, 9.17) is 14.2 Å². The zero-order chi connectivity index (χ0) is 54.3. The molecule has 0 aliphatic carbocycles. The van der Waals surface area contributed by atoms with Gasteiger partial charge in [-0.3, -0.25) is 14.4 Å². The number of ether oxygens (including phenoxy) is 3. The zero-order valence-corrected chi connectivity index (χ0v) is 49.6. The number of unbranched alkanes of at least 4 members (excludes halogenated alkanes) is 33. The molecule has 0 fully saturated rings. The number of allylic oxidation sites excluding steroid dienone is 14. The molecule has 0 heterocycles. The van der Waals surface area contributed by atoms with Gasteiger partial charge in [0.15, 0.2) is 6.10 Å². The molecule has 6 nitrogen and oxygen atoms in total. The van der Waals surface area contributed by atoms with Gasteiger partial charge in [-0.2, -0.15) is 0 Å². The molecular formula is C69H120O6. The summed E-state index contributed by atoms with van der Waals surface area (Å²) >= 11 is 0. The normalized spacial score (nSPS) is 12.6. The Balaban J connectivity index is 4.36. The van der Waals surface area contributed by atoms with E-state index in [-0.39, 0.29) is 31.1 Å². The molecule has 0 saturated carbocycles. The molecule has 0 aliphatic rings. The monoisotopic (exact) mass is 1040 g/mol. The molecular weight excluding hydrogens is 925 g/mol. The number of rotatable bonds is 58. The molecule has 0 aromatic carbocycles. The molecule has 75 heavy (non-hydrogen) atoms. The highest BCUT2D eigenvalue weighted by Gasteiger charge is 2.19. The Morgan fingerprint density at radius 2 is 0.520 bits per heavy atom. The van der Waals surface area contributed by atoms with Gasteiger partial charge >= 0.3 is 17.9 Å². The van der Waals surface area contributed by atoms with Crippen LogP contribution in [0.1, 0.15) is 316 Å². The molecule has 0 amide bonds. The maximum absolute atomic E-state index is 12.9. The molecule has 1 unspecified atom stereocenters. The topological polar surface area (TPSA) is 78.9 Å². The van der Waals surface area contributed by atoms with Crippen molar-refractivity contribution < 1.29 is 28.6 Å². The Kier molecular flexibility index (Phi) is 60.3. The minimum Gasteiger partial charge on any atom is -0.462 e. The van der Waals surface area contributed by atoms with Crippen LogP contribution in [0.2, 0.25) is 0 Å². The van der Waals surface area contributed by atoms with Gasteiger partial charge in [0, 0.05) is 19.3 Å². The molecule has 0 radical (unpaired) electrons. The van der Waals surface area contributed by atoms with Crippen molar-refractivity contribution in [2.45, 2.75) is 322 Å². The summed E-state index contributed by atoms with van der Waals surface area (Å²) in [5.41, 5.74) is 0.